The van der Waals surface area contributed by atoms with E-state index in [4.69, 9.17) is 45.9 Å². The van der Waals surface area contributed by atoms with Gasteiger partial charge in [0.15, 0.2) is 0 Å². The van der Waals surface area contributed by atoms with E-state index in [-0.39, 0.29) is 78.0 Å². The van der Waals surface area contributed by atoms with Crippen LogP contribution in [0.15, 0.2) is 0 Å². The lowest BCUT2D eigenvalue weighted by molar-refractivity contribution is -0.104. The number of ether oxygens (including phenoxy) is 4. The van der Waals surface area contributed by atoms with Crippen molar-refractivity contribution in [2.24, 2.45) is 11.1 Å². The first-order chi connectivity index (χ1) is 12.6. The topological polar surface area (TPSA) is 158 Å². The summed E-state index contributed by atoms with van der Waals surface area (Å²) in [5, 5.41) is 33.1. The van der Waals surface area contributed by atoms with Gasteiger partial charge in [0.1, 0.15) is 0 Å². The van der Waals surface area contributed by atoms with Crippen LogP contribution in [-0.2, 0) is 18.9 Å². The number of hydrogen-bond acceptors (Lipinski definition) is 8. The minimum Gasteiger partial charge on any atom is -0.388 e. The summed E-state index contributed by atoms with van der Waals surface area (Å²) < 4.78 is 22.3. The number of nitrogens with one attached hydrogen (secondary N) is 1. The van der Waals surface area contributed by atoms with Crippen LogP contribution >= 0.6 is 0 Å². The normalized spacial score (nSPS) is 10.7. The van der Waals surface area contributed by atoms with Crippen LogP contribution in [0.4, 0.5) is 0 Å². The molecule has 3 N–H and O–H groups in total. The zero-order chi connectivity index (χ0) is 19.5. The Hall–Kier alpha value is -2.22. The van der Waals surface area contributed by atoms with Crippen molar-refractivity contribution in [3.05, 3.63) is 0 Å². The maximum atomic E-state index is 8.62. The zero-order valence-electron chi connectivity index (χ0n) is 15.0. The molecule has 9 nitrogen and oxygen atoms in total. The van der Waals surface area contributed by atoms with Crippen molar-refractivity contribution in [2.45, 2.75) is 25.7 Å². The van der Waals surface area contributed by atoms with Crippen molar-refractivity contribution >= 4 is 5.84 Å². The number of amidine groups is 1. The highest BCUT2D eigenvalue weighted by Gasteiger charge is 2.32. The van der Waals surface area contributed by atoms with Gasteiger partial charge in [0.25, 0.3) is 0 Å². The molecule has 0 fully saturated rings. The van der Waals surface area contributed by atoms with Gasteiger partial charge in [0, 0.05) is 6.42 Å². The van der Waals surface area contributed by atoms with Crippen LogP contribution in [0.1, 0.15) is 25.7 Å². The molecule has 0 aromatic heterocycles. The SMILES string of the molecule is N#CCCOCC(COCCC#N)(COCCC#N)COCCC(=N)N. The molecule has 0 saturated heterocycles. The minimum atomic E-state index is -0.642. The van der Waals surface area contributed by atoms with E-state index in [1.54, 1.807) is 0 Å². The first-order valence-electron chi connectivity index (χ1n) is 8.35. The summed E-state index contributed by atoms with van der Waals surface area (Å²) in [6.45, 7) is 2.10. The Morgan fingerprint density at radius 3 is 1.38 bits per heavy atom. The minimum absolute atomic E-state index is 0.0383. The van der Waals surface area contributed by atoms with Gasteiger partial charge < -0.3 is 24.7 Å². The second-order valence-electron chi connectivity index (χ2n) is 5.71. The average Bonchev–Trinajstić information content (AvgIpc) is 2.63. The van der Waals surface area contributed by atoms with E-state index < -0.39 is 5.41 Å². The Kier molecular flexibility index (Phi) is 14.9. The van der Waals surface area contributed by atoms with Gasteiger partial charge in [-0.05, 0) is 0 Å². The Morgan fingerprint density at radius 1 is 0.731 bits per heavy atom. The van der Waals surface area contributed by atoms with E-state index in [9.17, 15) is 0 Å². The van der Waals surface area contributed by atoms with Crippen molar-refractivity contribution in [1.29, 1.82) is 21.2 Å². The highest BCUT2D eigenvalue weighted by Crippen LogP contribution is 2.21. The van der Waals surface area contributed by atoms with Crippen LogP contribution in [0.2, 0.25) is 0 Å². The molecule has 0 aliphatic carbocycles. The fraction of sp³-hybridized carbons (Fsp3) is 0.765. The van der Waals surface area contributed by atoms with Gasteiger partial charge in [0.05, 0.1) is 102 Å². The second kappa shape index (κ2) is 16.3. The molecule has 9 heteroatoms. The number of nitrogens with two attached hydrogens (primary N) is 1. The highest BCUT2D eigenvalue weighted by molar-refractivity contribution is 5.76. The van der Waals surface area contributed by atoms with Crippen LogP contribution in [0, 0.1) is 44.8 Å². The summed E-state index contributed by atoms with van der Waals surface area (Å²) in [5.41, 5.74) is 4.68. The van der Waals surface area contributed by atoms with Crippen LogP contribution in [0.3, 0.4) is 0 Å². The molecule has 0 saturated carbocycles. The lowest BCUT2D eigenvalue weighted by atomic mass is 9.92. The molecular formula is C17H27N5O4. The molecular weight excluding hydrogens is 338 g/mol. The zero-order valence-corrected chi connectivity index (χ0v) is 15.0. The van der Waals surface area contributed by atoms with Gasteiger partial charge in [-0.2, -0.15) is 15.8 Å². The molecule has 0 amide bonds. The maximum Gasteiger partial charge on any atom is 0.0928 e. The second-order valence-corrected chi connectivity index (χ2v) is 5.71. The van der Waals surface area contributed by atoms with Crippen molar-refractivity contribution in [3.8, 4) is 18.2 Å². The molecule has 0 unspecified atom stereocenters. The van der Waals surface area contributed by atoms with E-state index in [0.717, 1.165) is 0 Å². The molecule has 0 bridgehead atoms. The van der Waals surface area contributed by atoms with Crippen LogP contribution < -0.4 is 5.73 Å². The molecule has 0 aliphatic heterocycles. The summed E-state index contributed by atoms with van der Waals surface area (Å²) in [6.07, 6.45) is 1.12. The molecule has 0 aromatic rings. The van der Waals surface area contributed by atoms with E-state index in [1.807, 2.05) is 18.2 Å². The third-order valence-corrected chi connectivity index (χ3v) is 3.22. The molecule has 144 valence electrons. The fourth-order valence-corrected chi connectivity index (χ4v) is 1.94. The molecule has 0 spiro atoms. The van der Waals surface area contributed by atoms with Crippen LogP contribution in [0.25, 0.3) is 0 Å². The molecule has 0 aromatic carbocycles. The van der Waals surface area contributed by atoms with E-state index in [0.29, 0.717) is 6.42 Å². The summed E-state index contributed by atoms with van der Waals surface area (Å²) >= 11 is 0. The number of rotatable bonds is 17. The summed E-state index contributed by atoms with van der Waals surface area (Å²) in [5.74, 6) is 0.0383. The quantitative estimate of drug-likeness (QED) is 0.220. The highest BCUT2D eigenvalue weighted by atomic mass is 16.5. The van der Waals surface area contributed by atoms with Gasteiger partial charge in [-0.25, -0.2) is 0 Å². The van der Waals surface area contributed by atoms with Crippen LogP contribution in [0.5, 0.6) is 0 Å². The standard InChI is InChI=1S/C17H27N5O4/c18-5-1-8-23-12-17(13-24-9-2-6-19,14-25-10-3-7-20)15-26-11-4-16(21)22/h1-4,8-15H2,(H3,21,22). The molecule has 0 rings (SSSR count). The van der Waals surface area contributed by atoms with Gasteiger partial charge in [-0.3, -0.25) is 5.41 Å². The number of hydrogen-bond donors (Lipinski definition) is 2. The Balaban J connectivity index is 4.79. The van der Waals surface area contributed by atoms with E-state index >= 15 is 0 Å². The van der Waals surface area contributed by atoms with Crippen molar-refractivity contribution in [2.75, 3.05) is 52.9 Å². The first-order valence-corrected chi connectivity index (χ1v) is 8.35. The van der Waals surface area contributed by atoms with E-state index in [2.05, 4.69) is 0 Å². The van der Waals surface area contributed by atoms with Crippen LogP contribution in [-0.4, -0.2) is 58.7 Å². The number of nitriles is 3. The Labute approximate surface area is 154 Å². The van der Waals surface area contributed by atoms with Gasteiger partial charge in [0.2, 0.25) is 0 Å². The smallest absolute Gasteiger partial charge is 0.0928 e. The fourth-order valence-electron chi connectivity index (χ4n) is 1.94. The monoisotopic (exact) mass is 365 g/mol. The van der Waals surface area contributed by atoms with Gasteiger partial charge in [-0.15, -0.1) is 0 Å². The molecule has 26 heavy (non-hydrogen) atoms. The lowest BCUT2D eigenvalue weighted by Gasteiger charge is -2.32. The average molecular weight is 365 g/mol. The number of nitrogens with zero attached hydrogens (tertiary/aromatic N) is 3. The third-order valence-electron chi connectivity index (χ3n) is 3.22. The maximum absolute atomic E-state index is 8.62. The first kappa shape index (κ1) is 23.8. The summed E-state index contributed by atoms with van der Waals surface area (Å²) in [6, 6.07) is 6.03. The van der Waals surface area contributed by atoms with Crippen molar-refractivity contribution < 1.29 is 18.9 Å². The van der Waals surface area contributed by atoms with E-state index in [1.165, 1.54) is 0 Å². The van der Waals surface area contributed by atoms with Crippen molar-refractivity contribution in [1.82, 2.24) is 0 Å². The van der Waals surface area contributed by atoms with Gasteiger partial charge in [-0.1, -0.05) is 0 Å². The summed E-state index contributed by atoms with van der Waals surface area (Å²) in [7, 11) is 0. The van der Waals surface area contributed by atoms with Crippen molar-refractivity contribution in [3.63, 3.8) is 0 Å². The van der Waals surface area contributed by atoms with Gasteiger partial charge >= 0.3 is 0 Å². The predicted octanol–water partition coefficient (Wildman–Crippen LogP) is 1.11. The molecule has 0 heterocycles. The predicted molar refractivity (Wildman–Crippen MR) is 92.9 cm³/mol. The Morgan fingerprint density at radius 2 is 1.08 bits per heavy atom. The largest absolute Gasteiger partial charge is 0.388 e. The lowest BCUT2D eigenvalue weighted by Crippen LogP contribution is -2.42. The third kappa shape index (κ3) is 13.1. The molecule has 0 atom stereocenters. The molecule has 0 aliphatic rings. The summed E-state index contributed by atoms with van der Waals surface area (Å²) in [4.78, 5) is 0. The Bertz CT molecular complexity index is 452. The molecule has 0 radical (unpaired) electrons.